The fourth-order valence-corrected chi connectivity index (χ4v) is 2.13. The molecule has 19 heavy (non-hydrogen) atoms. The molecule has 0 bridgehead atoms. The van der Waals surface area contributed by atoms with E-state index >= 15 is 0 Å². The Morgan fingerprint density at radius 1 is 1.16 bits per heavy atom. The van der Waals surface area contributed by atoms with Crippen molar-refractivity contribution in [2.45, 2.75) is 13.0 Å². The van der Waals surface area contributed by atoms with Gasteiger partial charge in [-0.15, -0.1) is 0 Å². The Hall–Kier alpha value is -1.81. The number of carbonyl (C=O) groups is 1. The third-order valence-electron chi connectivity index (χ3n) is 2.60. The summed E-state index contributed by atoms with van der Waals surface area (Å²) in [7, 11) is 0. The molecule has 0 aliphatic rings. The minimum atomic E-state index is -0.873. The van der Waals surface area contributed by atoms with Crippen LogP contribution in [0.1, 0.15) is 11.1 Å². The van der Waals surface area contributed by atoms with E-state index in [1.54, 1.807) is 12.1 Å². The second kappa shape index (κ2) is 6.38. The van der Waals surface area contributed by atoms with E-state index in [9.17, 15) is 4.79 Å². The van der Waals surface area contributed by atoms with Crippen LogP contribution in [-0.4, -0.2) is 11.1 Å². The summed E-state index contributed by atoms with van der Waals surface area (Å²) in [5, 5.41) is 8.90. The van der Waals surface area contributed by atoms with Crippen LogP contribution in [0.25, 0.3) is 0 Å². The number of hydrogen-bond donors (Lipinski definition) is 1. The van der Waals surface area contributed by atoms with Gasteiger partial charge in [0.15, 0.2) is 0 Å². The Morgan fingerprint density at radius 3 is 2.58 bits per heavy atom. The number of halogens is 1. The molecule has 0 heterocycles. The molecule has 3 nitrogen and oxygen atoms in total. The minimum absolute atomic E-state index is 0.0520. The lowest BCUT2D eigenvalue weighted by Gasteiger charge is -2.11. The average Bonchev–Trinajstić information content (AvgIpc) is 2.38. The van der Waals surface area contributed by atoms with Crippen LogP contribution in [0.2, 0.25) is 0 Å². The van der Waals surface area contributed by atoms with Gasteiger partial charge in [0.2, 0.25) is 0 Å². The predicted molar refractivity (Wildman–Crippen MR) is 76.3 cm³/mol. The minimum Gasteiger partial charge on any atom is -0.489 e. The second-order valence-corrected chi connectivity index (χ2v) is 5.01. The summed E-state index contributed by atoms with van der Waals surface area (Å²) >= 11 is 3.33. The normalized spacial score (nSPS) is 10.2. The van der Waals surface area contributed by atoms with Crippen molar-refractivity contribution in [3.8, 4) is 5.75 Å². The standard InChI is InChI=1S/C15H13BrO3/c16-13-6-7-14(12(8-13)9-15(17)18)19-10-11-4-2-1-3-5-11/h1-8H,9-10H2,(H,17,18). The van der Waals surface area contributed by atoms with E-state index in [4.69, 9.17) is 9.84 Å². The van der Waals surface area contributed by atoms with Crippen LogP contribution in [0, 0.1) is 0 Å². The Bertz CT molecular complexity index is 567. The number of ether oxygens (including phenoxy) is 1. The lowest BCUT2D eigenvalue weighted by Crippen LogP contribution is -2.04. The molecule has 2 aromatic carbocycles. The molecule has 0 spiro atoms. The van der Waals surface area contributed by atoms with Gasteiger partial charge in [0.1, 0.15) is 12.4 Å². The number of benzene rings is 2. The summed E-state index contributed by atoms with van der Waals surface area (Å²) in [6.45, 7) is 0.426. The lowest BCUT2D eigenvalue weighted by atomic mass is 10.1. The van der Waals surface area contributed by atoms with E-state index in [0.29, 0.717) is 17.9 Å². The van der Waals surface area contributed by atoms with Gasteiger partial charge in [0, 0.05) is 10.0 Å². The fourth-order valence-electron chi connectivity index (χ4n) is 1.73. The molecule has 0 aliphatic heterocycles. The van der Waals surface area contributed by atoms with Gasteiger partial charge in [-0.3, -0.25) is 4.79 Å². The number of carboxylic acid groups (broad SMARTS) is 1. The van der Waals surface area contributed by atoms with Gasteiger partial charge in [-0.2, -0.15) is 0 Å². The number of aliphatic carboxylic acids is 1. The molecule has 0 atom stereocenters. The Morgan fingerprint density at radius 2 is 1.89 bits per heavy atom. The van der Waals surface area contributed by atoms with Gasteiger partial charge in [0.25, 0.3) is 0 Å². The van der Waals surface area contributed by atoms with Gasteiger partial charge in [-0.05, 0) is 23.8 Å². The van der Waals surface area contributed by atoms with Crippen molar-refractivity contribution in [1.82, 2.24) is 0 Å². The SMILES string of the molecule is O=C(O)Cc1cc(Br)ccc1OCc1ccccc1. The molecule has 4 heteroatoms. The lowest BCUT2D eigenvalue weighted by molar-refractivity contribution is -0.136. The van der Waals surface area contributed by atoms with E-state index in [2.05, 4.69) is 15.9 Å². The number of carboxylic acids is 1. The molecule has 2 rings (SSSR count). The molecule has 0 saturated carbocycles. The maximum atomic E-state index is 10.8. The van der Waals surface area contributed by atoms with E-state index in [1.165, 1.54) is 0 Å². The second-order valence-electron chi connectivity index (χ2n) is 4.10. The molecule has 0 aromatic heterocycles. The topological polar surface area (TPSA) is 46.5 Å². The fraction of sp³-hybridized carbons (Fsp3) is 0.133. The molecule has 0 aliphatic carbocycles. The molecular weight excluding hydrogens is 308 g/mol. The highest BCUT2D eigenvalue weighted by atomic mass is 79.9. The van der Waals surface area contributed by atoms with E-state index in [0.717, 1.165) is 10.0 Å². The Labute approximate surface area is 120 Å². The van der Waals surface area contributed by atoms with Crippen molar-refractivity contribution in [3.63, 3.8) is 0 Å². The number of hydrogen-bond acceptors (Lipinski definition) is 2. The monoisotopic (exact) mass is 320 g/mol. The first-order valence-corrected chi connectivity index (χ1v) is 6.61. The van der Waals surface area contributed by atoms with Crippen LogP contribution in [0.4, 0.5) is 0 Å². The maximum absolute atomic E-state index is 10.8. The van der Waals surface area contributed by atoms with Crippen molar-refractivity contribution in [2.24, 2.45) is 0 Å². The average molecular weight is 321 g/mol. The van der Waals surface area contributed by atoms with Crippen LogP contribution in [0.3, 0.4) is 0 Å². The zero-order valence-electron chi connectivity index (χ0n) is 10.2. The zero-order chi connectivity index (χ0) is 13.7. The summed E-state index contributed by atoms with van der Waals surface area (Å²) in [6, 6.07) is 15.2. The molecule has 0 amide bonds. The number of rotatable bonds is 5. The smallest absolute Gasteiger partial charge is 0.307 e. The van der Waals surface area contributed by atoms with Gasteiger partial charge in [-0.1, -0.05) is 46.3 Å². The van der Waals surface area contributed by atoms with E-state index in [1.807, 2.05) is 36.4 Å². The highest BCUT2D eigenvalue weighted by molar-refractivity contribution is 9.10. The van der Waals surface area contributed by atoms with Crippen LogP contribution < -0.4 is 4.74 Å². The van der Waals surface area contributed by atoms with Gasteiger partial charge in [-0.25, -0.2) is 0 Å². The molecule has 2 aromatic rings. The summed E-state index contributed by atoms with van der Waals surface area (Å²) in [5.41, 5.74) is 1.71. The summed E-state index contributed by atoms with van der Waals surface area (Å²) < 4.78 is 6.54. The first-order chi connectivity index (χ1) is 9.15. The van der Waals surface area contributed by atoms with Gasteiger partial charge < -0.3 is 9.84 Å². The van der Waals surface area contributed by atoms with Crippen LogP contribution in [-0.2, 0) is 17.8 Å². The zero-order valence-corrected chi connectivity index (χ0v) is 11.8. The molecule has 1 N–H and O–H groups in total. The Kier molecular flexibility index (Phi) is 4.58. The molecule has 0 fully saturated rings. The van der Waals surface area contributed by atoms with Crippen LogP contribution in [0.15, 0.2) is 53.0 Å². The van der Waals surface area contributed by atoms with Crippen molar-refractivity contribution in [1.29, 1.82) is 0 Å². The van der Waals surface area contributed by atoms with Gasteiger partial charge >= 0.3 is 5.97 Å². The summed E-state index contributed by atoms with van der Waals surface area (Å²) in [4.78, 5) is 10.8. The van der Waals surface area contributed by atoms with Crippen LogP contribution in [0.5, 0.6) is 5.75 Å². The van der Waals surface area contributed by atoms with E-state index < -0.39 is 5.97 Å². The van der Waals surface area contributed by atoms with Crippen molar-refractivity contribution < 1.29 is 14.6 Å². The maximum Gasteiger partial charge on any atom is 0.307 e. The highest BCUT2D eigenvalue weighted by Gasteiger charge is 2.09. The predicted octanol–water partition coefficient (Wildman–Crippen LogP) is 3.66. The molecule has 0 unspecified atom stereocenters. The van der Waals surface area contributed by atoms with Gasteiger partial charge in [0.05, 0.1) is 6.42 Å². The highest BCUT2D eigenvalue weighted by Crippen LogP contribution is 2.24. The van der Waals surface area contributed by atoms with Crippen molar-refractivity contribution in [2.75, 3.05) is 0 Å². The van der Waals surface area contributed by atoms with Crippen molar-refractivity contribution in [3.05, 3.63) is 64.1 Å². The van der Waals surface area contributed by atoms with Crippen LogP contribution >= 0.6 is 15.9 Å². The third-order valence-corrected chi connectivity index (χ3v) is 3.09. The Balaban J connectivity index is 2.13. The summed E-state index contributed by atoms with van der Waals surface area (Å²) in [6.07, 6.45) is -0.0520. The molecule has 0 saturated heterocycles. The first-order valence-electron chi connectivity index (χ1n) is 5.82. The van der Waals surface area contributed by atoms with Crippen molar-refractivity contribution >= 4 is 21.9 Å². The molecular formula is C15H13BrO3. The molecule has 98 valence electrons. The summed E-state index contributed by atoms with van der Waals surface area (Å²) in [5.74, 6) is -0.267. The largest absolute Gasteiger partial charge is 0.489 e. The quantitative estimate of drug-likeness (QED) is 0.914. The van der Waals surface area contributed by atoms with E-state index in [-0.39, 0.29) is 6.42 Å². The third kappa shape index (κ3) is 4.10. The molecule has 0 radical (unpaired) electrons. The first kappa shape index (κ1) is 13.6.